The van der Waals surface area contributed by atoms with E-state index in [4.69, 9.17) is 5.11 Å². The third kappa shape index (κ3) is 10.4. The van der Waals surface area contributed by atoms with Crippen LogP contribution in [0.2, 0.25) is 0 Å². The summed E-state index contributed by atoms with van der Waals surface area (Å²) >= 11 is 3.26. The molecule has 0 aliphatic heterocycles. The van der Waals surface area contributed by atoms with Crippen LogP contribution in [0.15, 0.2) is 22.9 Å². The molecule has 0 unspecified atom stereocenters. The van der Waals surface area contributed by atoms with Crippen LogP contribution in [0.5, 0.6) is 0 Å². The van der Waals surface area contributed by atoms with Gasteiger partial charge in [0.05, 0.1) is 5.56 Å². The summed E-state index contributed by atoms with van der Waals surface area (Å²) in [5, 5.41) is 11.6. The van der Waals surface area contributed by atoms with Crippen molar-refractivity contribution in [3.05, 3.63) is 28.5 Å². The van der Waals surface area contributed by atoms with Crippen LogP contribution in [0.25, 0.3) is 0 Å². The van der Waals surface area contributed by atoms with Gasteiger partial charge in [-0.25, -0.2) is 4.98 Å². The third-order valence-electron chi connectivity index (χ3n) is 3.86. The standard InChI is InChI=1S/C18H29BrN2O2/c19-17-12-11-16(15-21-17)18(23)20-13-9-7-5-3-1-2-4-6-8-10-14-22/h11-12,15,22H,1-10,13-14H2,(H,20,23). The van der Waals surface area contributed by atoms with Gasteiger partial charge in [0.2, 0.25) is 0 Å². The first kappa shape index (κ1) is 20.1. The summed E-state index contributed by atoms with van der Waals surface area (Å²) in [6.45, 7) is 1.06. The Bertz CT molecular complexity index is 424. The molecule has 0 bridgehead atoms. The third-order valence-corrected chi connectivity index (χ3v) is 4.33. The zero-order valence-electron chi connectivity index (χ0n) is 13.9. The highest BCUT2D eigenvalue weighted by Crippen LogP contribution is 2.10. The number of aliphatic hydroxyl groups excluding tert-OH is 1. The molecule has 23 heavy (non-hydrogen) atoms. The minimum atomic E-state index is -0.0483. The number of carbonyl (C=O) groups excluding carboxylic acids is 1. The SMILES string of the molecule is O=C(NCCCCCCCCCCCCO)c1ccc(Br)nc1. The molecule has 1 amide bonds. The van der Waals surface area contributed by atoms with Crippen molar-refractivity contribution in [3.8, 4) is 0 Å². The monoisotopic (exact) mass is 384 g/mol. The lowest BCUT2D eigenvalue weighted by molar-refractivity contribution is 0.0952. The van der Waals surface area contributed by atoms with Crippen LogP contribution in [0.3, 0.4) is 0 Å². The van der Waals surface area contributed by atoms with Gasteiger partial charge in [-0.1, -0.05) is 51.4 Å². The van der Waals surface area contributed by atoms with Gasteiger partial charge in [-0.2, -0.15) is 0 Å². The van der Waals surface area contributed by atoms with Gasteiger partial charge in [-0.15, -0.1) is 0 Å². The van der Waals surface area contributed by atoms with Crippen LogP contribution in [-0.4, -0.2) is 29.1 Å². The lowest BCUT2D eigenvalue weighted by atomic mass is 10.1. The minimum Gasteiger partial charge on any atom is -0.396 e. The number of aliphatic hydroxyl groups is 1. The fraction of sp³-hybridized carbons (Fsp3) is 0.667. The second-order valence-corrected chi connectivity index (χ2v) is 6.70. The first-order valence-electron chi connectivity index (χ1n) is 8.74. The van der Waals surface area contributed by atoms with E-state index in [1.165, 1.54) is 44.9 Å². The molecule has 0 spiro atoms. The van der Waals surface area contributed by atoms with Gasteiger partial charge in [-0.3, -0.25) is 4.79 Å². The summed E-state index contributed by atoms with van der Waals surface area (Å²) in [5.74, 6) is -0.0483. The van der Waals surface area contributed by atoms with Gasteiger partial charge < -0.3 is 10.4 Å². The number of hydrogen-bond acceptors (Lipinski definition) is 3. The van der Waals surface area contributed by atoms with E-state index in [2.05, 4.69) is 26.2 Å². The fourth-order valence-electron chi connectivity index (χ4n) is 2.47. The van der Waals surface area contributed by atoms with Crippen molar-refractivity contribution in [2.45, 2.75) is 64.2 Å². The molecule has 1 aromatic heterocycles. The van der Waals surface area contributed by atoms with Crippen LogP contribution >= 0.6 is 15.9 Å². The van der Waals surface area contributed by atoms with Crippen LogP contribution in [0.4, 0.5) is 0 Å². The van der Waals surface area contributed by atoms with Gasteiger partial charge >= 0.3 is 0 Å². The van der Waals surface area contributed by atoms with Gasteiger partial charge in [0.1, 0.15) is 4.60 Å². The molecule has 5 heteroatoms. The van der Waals surface area contributed by atoms with Crippen molar-refractivity contribution < 1.29 is 9.90 Å². The normalized spacial score (nSPS) is 10.7. The number of aromatic nitrogens is 1. The van der Waals surface area contributed by atoms with Crippen molar-refractivity contribution in [2.24, 2.45) is 0 Å². The van der Waals surface area contributed by atoms with Crippen molar-refractivity contribution in [2.75, 3.05) is 13.2 Å². The Morgan fingerprint density at radius 3 is 2.04 bits per heavy atom. The van der Waals surface area contributed by atoms with Crippen LogP contribution in [0, 0.1) is 0 Å². The lowest BCUT2D eigenvalue weighted by Crippen LogP contribution is -2.24. The van der Waals surface area contributed by atoms with E-state index < -0.39 is 0 Å². The van der Waals surface area contributed by atoms with E-state index in [1.54, 1.807) is 18.3 Å². The van der Waals surface area contributed by atoms with E-state index in [0.717, 1.165) is 30.4 Å². The topological polar surface area (TPSA) is 62.2 Å². The van der Waals surface area contributed by atoms with Gasteiger partial charge in [0, 0.05) is 19.3 Å². The Hall–Kier alpha value is -0.940. The number of carbonyl (C=O) groups is 1. The van der Waals surface area contributed by atoms with Crippen molar-refractivity contribution in [3.63, 3.8) is 0 Å². The summed E-state index contributed by atoms with van der Waals surface area (Å²) in [7, 11) is 0. The Labute approximate surface area is 148 Å². The number of rotatable bonds is 13. The predicted octanol–water partition coefficient (Wildman–Crippen LogP) is 4.47. The molecule has 2 N–H and O–H groups in total. The minimum absolute atomic E-state index is 0.0483. The molecule has 1 aromatic rings. The van der Waals surface area contributed by atoms with E-state index in [9.17, 15) is 4.79 Å². The van der Waals surface area contributed by atoms with Gasteiger partial charge in [-0.05, 0) is 40.9 Å². The number of hydrogen-bond donors (Lipinski definition) is 2. The molecular weight excluding hydrogens is 356 g/mol. The molecule has 1 heterocycles. The van der Waals surface area contributed by atoms with Crippen LogP contribution < -0.4 is 5.32 Å². The van der Waals surface area contributed by atoms with Gasteiger partial charge in [0.25, 0.3) is 5.91 Å². The van der Waals surface area contributed by atoms with E-state index in [0.29, 0.717) is 12.2 Å². The largest absolute Gasteiger partial charge is 0.396 e. The fourth-order valence-corrected chi connectivity index (χ4v) is 2.70. The first-order chi connectivity index (χ1) is 11.2. The van der Waals surface area contributed by atoms with Crippen LogP contribution in [-0.2, 0) is 0 Å². The Morgan fingerprint density at radius 1 is 0.957 bits per heavy atom. The second kappa shape index (κ2) is 13.5. The molecule has 130 valence electrons. The zero-order valence-corrected chi connectivity index (χ0v) is 15.5. The number of nitrogens with one attached hydrogen (secondary N) is 1. The Morgan fingerprint density at radius 2 is 1.52 bits per heavy atom. The number of unbranched alkanes of at least 4 members (excludes halogenated alkanes) is 9. The highest BCUT2D eigenvalue weighted by molar-refractivity contribution is 9.10. The molecule has 0 aliphatic rings. The highest BCUT2D eigenvalue weighted by Gasteiger charge is 2.04. The average molecular weight is 385 g/mol. The molecule has 0 radical (unpaired) electrons. The highest BCUT2D eigenvalue weighted by atomic mass is 79.9. The molecule has 0 atom stereocenters. The molecular formula is C18H29BrN2O2. The zero-order chi connectivity index (χ0) is 16.8. The predicted molar refractivity (Wildman–Crippen MR) is 97.5 cm³/mol. The Balaban J connectivity index is 1.89. The van der Waals surface area contributed by atoms with Crippen molar-refractivity contribution in [1.82, 2.24) is 10.3 Å². The molecule has 0 aliphatic carbocycles. The smallest absolute Gasteiger partial charge is 0.252 e. The summed E-state index contributed by atoms with van der Waals surface area (Å²) in [5.41, 5.74) is 0.606. The summed E-state index contributed by atoms with van der Waals surface area (Å²) in [4.78, 5) is 15.9. The van der Waals surface area contributed by atoms with Crippen molar-refractivity contribution >= 4 is 21.8 Å². The molecule has 1 rings (SSSR count). The van der Waals surface area contributed by atoms with Crippen LogP contribution in [0.1, 0.15) is 74.6 Å². The van der Waals surface area contributed by atoms with Crippen molar-refractivity contribution in [1.29, 1.82) is 0 Å². The second-order valence-electron chi connectivity index (χ2n) is 5.88. The Kier molecular flexibility index (Phi) is 11.8. The average Bonchev–Trinajstić information content (AvgIpc) is 2.56. The lowest BCUT2D eigenvalue weighted by Gasteiger charge is -2.05. The number of amides is 1. The maximum atomic E-state index is 11.9. The molecule has 0 fully saturated rings. The maximum Gasteiger partial charge on any atom is 0.252 e. The molecule has 4 nitrogen and oxygen atoms in total. The number of halogens is 1. The molecule has 0 aromatic carbocycles. The molecule has 0 saturated heterocycles. The van der Waals surface area contributed by atoms with E-state index in [-0.39, 0.29) is 5.91 Å². The quantitative estimate of drug-likeness (QED) is 0.389. The maximum absolute atomic E-state index is 11.9. The summed E-state index contributed by atoms with van der Waals surface area (Å²) in [6.07, 6.45) is 13.6. The van der Waals surface area contributed by atoms with E-state index in [1.807, 2.05) is 0 Å². The number of nitrogens with zero attached hydrogens (tertiary/aromatic N) is 1. The molecule has 0 saturated carbocycles. The summed E-state index contributed by atoms with van der Waals surface area (Å²) in [6, 6.07) is 3.55. The first-order valence-corrected chi connectivity index (χ1v) is 9.54. The summed E-state index contributed by atoms with van der Waals surface area (Å²) < 4.78 is 0.738. The number of pyridine rings is 1. The van der Waals surface area contributed by atoms with E-state index >= 15 is 0 Å². The van der Waals surface area contributed by atoms with Gasteiger partial charge in [0.15, 0.2) is 0 Å².